The predicted octanol–water partition coefficient (Wildman–Crippen LogP) is 11.1. The van der Waals surface area contributed by atoms with Crippen LogP contribution in [0, 0.1) is 0 Å². The second-order valence-corrected chi connectivity index (χ2v) is 11.7. The van der Waals surface area contributed by atoms with Crippen LogP contribution in [-0.4, -0.2) is 5.11 Å². The Morgan fingerprint density at radius 3 is 1.10 bits per heavy atom. The molecule has 0 heterocycles. The van der Waals surface area contributed by atoms with E-state index in [-0.39, 0.29) is 25.6 Å². The highest BCUT2D eigenvalue weighted by Crippen LogP contribution is 2.36. The SMILES string of the molecule is Oc1ccc(COc2ccccc2-c2ccccc2)c(COc2ccccc2-c2ccccc2)c1COc1ccccc1-c1ccccc1. The Balaban J connectivity index is 1.22. The van der Waals surface area contributed by atoms with Gasteiger partial charge in [-0.3, -0.25) is 0 Å². The molecule has 0 radical (unpaired) electrons. The lowest BCUT2D eigenvalue weighted by atomic mass is 10.0. The number of benzene rings is 7. The van der Waals surface area contributed by atoms with Crippen LogP contribution >= 0.6 is 0 Å². The topological polar surface area (TPSA) is 47.9 Å². The van der Waals surface area contributed by atoms with Crippen molar-refractivity contribution in [2.75, 3.05) is 0 Å². The van der Waals surface area contributed by atoms with Crippen LogP contribution in [0.25, 0.3) is 33.4 Å². The zero-order valence-corrected chi connectivity index (χ0v) is 27.0. The van der Waals surface area contributed by atoms with Gasteiger partial charge in [-0.2, -0.15) is 0 Å². The summed E-state index contributed by atoms with van der Waals surface area (Å²) in [6.45, 7) is 0.621. The maximum absolute atomic E-state index is 11.3. The van der Waals surface area contributed by atoms with Crippen LogP contribution in [0.15, 0.2) is 176 Å². The number of rotatable bonds is 12. The predicted molar refractivity (Wildman–Crippen MR) is 197 cm³/mol. The Morgan fingerprint density at radius 2 is 0.673 bits per heavy atom. The smallest absolute Gasteiger partial charge is 0.127 e. The van der Waals surface area contributed by atoms with Crippen molar-refractivity contribution in [1.29, 1.82) is 0 Å². The Morgan fingerprint density at radius 1 is 0.327 bits per heavy atom. The molecule has 4 nitrogen and oxygen atoms in total. The van der Waals surface area contributed by atoms with E-state index in [2.05, 4.69) is 48.5 Å². The molecule has 0 spiro atoms. The molecule has 0 aliphatic carbocycles. The highest BCUT2D eigenvalue weighted by Gasteiger charge is 2.18. The van der Waals surface area contributed by atoms with E-state index in [9.17, 15) is 5.11 Å². The lowest BCUT2D eigenvalue weighted by Gasteiger charge is -2.20. The second kappa shape index (κ2) is 15.1. The van der Waals surface area contributed by atoms with Gasteiger partial charge in [0.25, 0.3) is 0 Å². The first-order valence-corrected chi connectivity index (χ1v) is 16.4. The van der Waals surface area contributed by atoms with Gasteiger partial charge in [0.15, 0.2) is 0 Å². The molecule has 0 fully saturated rings. The van der Waals surface area contributed by atoms with Gasteiger partial charge >= 0.3 is 0 Å². The summed E-state index contributed by atoms with van der Waals surface area (Å²) in [6, 6.07) is 58.2. The van der Waals surface area contributed by atoms with E-state index in [1.807, 2.05) is 121 Å². The largest absolute Gasteiger partial charge is 0.508 e. The van der Waals surface area contributed by atoms with Crippen LogP contribution in [0.4, 0.5) is 0 Å². The van der Waals surface area contributed by atoms with Crippen LogP contribution in [0.3, 0.4) is 0 Å². The molecule has 0 aliphatic heterocycles. The van der Waals surface area contributed by atoms with Gasteiger partial charge in [-0.05, 0) is 46.5 Å². The fourth-order valence-electron chi connectivity index (χ4n) is 6.01. The molecule has 0 aromatic heterocycles. The van der Waals surface area contributed by atoms with E-state index in [0.29, 0.717) is 5.56 Å². The molecule has 240 valence electrons. The molecule has 49 heavy (non-hydrogen) atoms. The molecule has 7 aromatic rings. The van der Waals surface area contributed by atoms with Gasteiger partial charge in [0, 0.05) is 27.8 Å². The van der Waals surface area contributed by atoms with Gasteiger partial charge in [-0.1, -0.05) is 152 Å². The van der Waals surface area contributed by atoms with Crippen LogP contribution in [0.2, 0.25) is 0 Å². The molecule has 1 N–H and O–H groups in total. The maximum Gasteiger partial charge on any atom is 0.127 e. The number of ether oxygens (including phenoxy) is 3. The monoisotopic (exact) mass is 640 g/mol. The Labute approximate surface area is 287 Å². The summed E-state index contributed by atoms with van der Waals surface area (Å²) in [6.07, 6.45) is 0. The molecule has 7 aromatic carbocycles. The summed E-state index contributed by atoms with van der Waals surface area (Å²) in [5.74, 6) is 2.39. The van der Waals surface area contributed by atoms with Crippen molar-refractivity contribution in [3.05, 3.63) is 193 Å². The summed E-state index contributed by atoms with van der Waals surface area (Å²) in [5.41, 5.74) is 8.55. The Bertz CT molecular complexity index is 2130. The lowest BCUT2D eigenvalue weighted by Crippen LogP contribution is -2.10. The van der Waals surface area contributed by atoms with Crippen molar-refractivity contribution in [3.8, 4) is 56.4 Å². The first kappa shape index (κ1) is 31.3. The van der Waals surface area contributed by atoms with E-state index in [1.165, 1.54) is 0 Å². The summed E-state index contributed by atoms with van der Waals surface area (Å²) in [7, 11) is 0. The van der Waals surface area contributed by atoms with Gasteiger partial charge in [0.1, 0.15) is 42.8 Å². The molecule has 0 bridgehead atoms. The van der Waals surface area contributed by atoms with Crippen LogP contribution in [0.1, 0.15) is 16.7 Å². The molecule has 0 saturated carbocycles. The molecule has 0 atom stereocenters. The molecule has 0 unspecified atom stereocenters. The summed E-state index contributed by atoms with van der Waals surface area (Å²) < 4.78 is 19.6. The van der Waals surface area contributed by atoms with Gasteiger partial charge in [-0.25, -0.2) is 0 Å². The normalized spacial score (nSPS) is 10.8. The molecule has 0 saturated heterocycles. The van der Waals surface area contributed by atoms with Crippen LogP contribution < -0.4 is 14.2 Å². The third-order valence-electron chi connectivity index (χ3n) is 8.55. The third-order valence-corrected chi connectivity index (χ3v) is 8.55. The van der Waals surface area contributed by atoms with Gasteiger partial charge in [0.05, 0.1) is 0 Å². The minimum absolute atomic E-state index is 0.139. The number of aromatic hydroxyl groups is 1. The van der Waals surface area contributed by atoms with E-state index >= 15 is 0 Å². The lowest BCUT2D eigenvalue weighted by molar-refractivity contribution is 0.270. The van der Waals surface area contributed by atoms with Crippen LogP contribution in [-0.2, 0) is 19.8 Å². The van der Waals surface area contributed by atoms with Crippen molar-refractivity contribution in [3.63, 3.8) is 0 Å². The van der Waals surface area contributed by atoms with Gasteiger partial charge in [0.2, 0.25) is 0 Å². The average molecular weight is 641 g/mol. The molecule has 4 heteroatoms. The first-order valence-electron chi connectivity index (χ1n) is 16.4. The van der Waals surface area contributed by atoms with Crippen molar-refractivity contribution in [1.82, 2.24) is 0 Å². The average Bonchev–Trinajstić information content (AvgIpc) is 3.17. The first-order chi connectivity index (χ1) is 24.2. The van der Waals surface area contributed by atoms with E-state index in [0.717, 1.165) is 61.8 Å². The highest BCUT2D eigenvalue weighted by atomic mass is 16.5. The zero-order chi connectivity index (χ0) is 33.3. The molecular formula is C45H36O4. The summed E-state index contributed by atoms with van der Waals surface area (Å²) in [5, 5.41) is 11.3. The summed E-state index contributed by atoms with van der Waals surface area (Å²) >= 11 is 0. The van der Waals surface area contributed by atoms with Crippen molar-refractivity contribution in [2.24, 2.45) is 0 Å². The highest BCUT2D eigenvalue weighted by molar-refractivity contribution is 5.72. The third kappa shape index (κ3) is 7.34. The fraction of sp³-hybridized carbons (Fsp3) is 0.0667. The fourth-order valence-corrected chi connectivity index (χ4v) is 6.01. The van der Waals surface area contributed by atoms with Crippen molar-refractivity contribution >= 4 is 0 Å². The van der Waals surface area contributed by atoms with E-state index in [1.54, 1.807) is 6.07 Å². The number of phenolic OH excluding ortho intramolecular Hbond substituents is 1. The van der Waals surface area contributed by atoms with E-state index < -0.39 is 0 Å². The molecule has 0 amide bonds. The number of phenols is 1. The quantitative estimate of drug-likeness (QED) is 0.144. The molecule has 7 rings (SSSR count). The van der Waals surface area contributed by atoms with Crippen LogP contribution in [0.5, 0.6) is 23.0 Å². The second-order valence-electron chi connectivity index (χ2n) is 11.7. The Kier molecular flexibility index (Phi) is 9.66. The molecular weight excluding hydrogens is 604 g/mol. The Hall–Kier alpha value is -6.26. The van der Waals surface area contributed by atoms with E-state index in [4.69, 9.17) is 14.2 Å². The zero-order valence-electron chi connectivity index (χ0n) is 27.0. The number of hydrogen-bond donors (Lipinski definition) is 1. The van der Waals surface area contributed by atoms with Crippen molar-refractivity contribution in [2.45, 2.75) is 19.8 Å². The number of para-hydroxylation sites is 3. The number of hydrogen-bond acceptors (Lipinski definition) is 4. The van der Waals surface area contributed by atoms with Gasteiger partial charge < -0.3 is 19.3 Å². The summed E-state index contributed by atoms with van der Waals surface area (Å²) in [4.78, 5) is 0. The van der Waals surface area contributed by atoms with Gasteiger partial charge in [-0.15, -0.1) is 0 Å². The minimum atomic E-state index is 0.139. The minimum Gasteiger partial charge on any atom is -0.508 e. The standard InChI is InChI=1S/C45H36O4/c46-42-29-28-36(30-47-43-25-13-10-22-37(43)33-16-4-1-5-17-33)40(31-48-44-26-14-11-23-38(44)34-18-6-2-7-19-34)41(42)32-49-45-27-15-12-24-39(45)35-20-8-3-9-21-35/h1-29,46H,30-32H2. The van der Waals surface area contributed by atoms with Crippen molar-refractivity contribution < 1.29 is 19.3 Å². The maximum atomic E-state index is 11.3. The molecule has 0 aliphatic rings.